The third-order valence-electron chi connectivity index (χ3n) is 3.71. The third kappa shape index (κ3) is 2.51. The van der Waals surface area contributed by atoms with Gasteiger partial charge in [0, 0.05) is 0 Å². The number of furan rings is 1. The van der Waals surface area contributed by atoms with Crippen molar-refractivity contribution in [3.63, 3.8) is 0 Å². The van der Waals surface area contributed by atoms with Crippen LogP contribution in [-0.2, 0) is 26.0 Å². The standard InChI is InChI=1S/C16H19NO2/c1-11-7-15(19-16(11)9-17)10-18-14-6-5-12-3-2-4-13(12)8-14/h5-8H,2-4,9-10,17H2,1H3. The molecule has 1 aromatic carbocycles. The number of aryl methyl sites for hydroxylation is 3. The zero-order valence-corrected chi connectivity index (χ0v) is 11.2. The van der Waals surface area contributed by atoms with Crippen LogP contribution in [-0.4, -0.2) is 0 Å². The van der Waals surface area contributed by atoms with Crippen LogP contribution in [0.3, 0.4) is 0 Å². The molecule has 0 fully saturated rings. The molecule has 2 aromatic rings. The van der Waals surface area contributed by atoms with Crippen LogP contribution in [0.1, 0.15) is 34.6 Å². The molecular formula is C16H19NO2. The van der Waals surface area contributed by atoms with Crippen LogP contribution in [0.2, 0.25) is 0 Å². The largest absolute Gasteiger partial charge is 0.486 e. The van der Waals surface area contributed by atoms with Gasteiger partial charge in [0.15, 0.2) is 0 Å². The molecule has 0 aliphatic heterocycles. The zero-order valence-electron chi connectivity index (χ0n) is 11.2. The summed E-state index contributed by atoms with van der Waals surface area (Å²) < 4.78 is 11.4. The van der Waals surface area contributed by atoms with Crippen LogP contribution in [0.25, 0.3) is 0 Å². The number of hydrogen-bond acceptors (Lipinski definition) is 3. The first kappa shape index (κ1) is 12.3. The van der Waals surface area contributed by atoms with Gasteiger partial charge in [0.2, 0.25) is 0 Å². The van der Waals surface area contributed by atoms with E-state index in [9.17, 15) is 0 Å². The predicted octanol–water partition coefficient (Wildman–Crippen LogP) is 3.11. The third-order valence-corrected chi connectivity index (χ3v) is 3.71. The van der Waals surface area contributed by atoms with Crippen LogP contribution in [0.5, 0.6) is 5.75 Å². The molecule has 1 aromatic heterocycles. The first-order valence-electron chi connectivity index (χ1n) is 6.79. The van der Waals surface area contributed by atoms with Gasteiger partial charge in [-0.2, -0.15) is 0 Å². The van der Waals surface area contributed by atoms with Gasteiger partial charge in [-0.3, -0.25) is 0 Å². The Bertz CT molecular complexity index is 586. The Morgan fingerprint density at radius 2 is 2.05 bits per heavy atom. The monoisotopic (exact) mass is 257 g/mol. The van der Waals surface area contributed by atoms with E-state index in [0.717, 1.165) is 22.8 Å². The van der Waals surface area contributed by atoms with Gasteiger partial charge >= 0.3 is 0 Å². The predicted molar refractivity (Wildman–Crippen MR) is 74.1 cm³/mol. The fourth-order valence-corrected chi connectivity index (χ4v) is 2.66. The molecule has 0 unspecified atom stereocenters. The summed E-state index contributed by atoms with van der Waals surface area (Å²) in [6, 6.07) is 8.37. The van der Waals surface area contributed by atoms with Crippen LogP contribution >= 0.6 is 0 Å². The molecule has 1 aliphatic rings. The van der Waals surface area contributed by atoms with Crippen molar-refractivity contribution in [2.45, 2.75) is 39.3 Å². The van der Waals surface area contributed by atoms with Crippen molar-refractivity contribution < 1.29 is 9.15 Å². The van der Waals surface area contributed by atoms with Gasteiger partial charge in [-0.15, -0.1) is 0 Å². The van der Waals surface area contributed by atoms with Gasteiger partial charge < -0.3 is 14.9 Å². The Labute approximate surface area is 113 Å². The molecule has 0 atom stereocenters. The minimum Gasteiger partial charge on any atom is -0.486 e. The van der Waals surface area contributed by atoms with Gasteiger partial charge in [-0.05, 0) is 61.1 Å². The van der Waals surface area contributed by atoms with Gasteiger partial charge in [0.05, 0.1) is 6.54 Å². The SMILES string of the molecule is Cc1cc(COc2ccc3c(c2)CCC3)oc1CN. The summed E-state index contributed by atoms with van der Waals surface area (Å²) in [6.45, 7) is 2.90. The molecular weight excluding hydrogens is 238 g/mol. The van der Waals surface area contributed by atoms with Gasteiger partial charge in [0.25, 0.3) is 0 Å². The molecule has 19 heavy (non-hydrogen) atoms. The lowest BCUT2D eigenvalue weighted by atomic mass is 10.1. The maximum absolute atomic E-state index is 5.80. The highest BCUT2D eigenvalue weighted by Crippen LogP contribution is 2.26. The van der Waals surface area contributed by atoms with Crippen LogP contribution in [0.15, 0.2) is 28.7 Å². The Morgan fingerprint density at radius 3 is 2.84 bits per heavy atom. The highest BCUT2D eigenvalue weighted by atomic mass is 16.5. The number of benzene rings is 1. The summed E-state index contributed by atoms with van der Waals surface area (Å²) in [5, 5.41) is 0. The van der Waals surface area contributed by atoms with Crippen LogP contribution < -0.4 is 10.5 Å². The van der Waals surface area contributed by atoms with E-state index in [-0.39, 0.29) is 0 Å². The normalized spacial score (nSPS) is 13.6. The summed E-state index contributed by atoms with van der Waals surface area (Å²) in [5.74, 6) is 2.59. The second kappa shape index (κ2) is 5.10. The summed E-state index contributed by atoms with van der Waals surface area (Å²) in [7, 11) is 0. The van der Waals surface area contributed by atoms with Crippen molar-refractivity contribution in [1.82, 2.24) is 0 Å². The summed E-state index contributed by atoms with van der Waals surface area (Å²) >= 11 is 0. The number of fused-ring (bicyclic) bond motifs is 1. The molecule has 1 heterocycles. The zero-order chi connectivity index (χ0) is 13.2. The van der Waals surface area contributed by atoms with Gasteiger partial charge in [-0.25, -0.2) is 0 Å². The van der Waals surface area contributed by atoms with E-state index in [1.807, 2.05) is 19.1 Å². The maximum Gasteiger partial charge on any atom is 0.146 e. The van der Waals surface area contributed by atoms with Gasteiger partial charge in [-0.1, -0.05) is 6.07 Å². The molecule has 0 bridgehead atoms. The molecule has 0 radical (unpaired) electrons. The number of nitrogens with two attached hydrogens (primary N) is 1. The van der Waals surface area contributed by atoms with Gasteiger partial charge in [0.1, 0.15) is 23.9 Å². The first-order chi connectivity index (χ1) is 9.26. The molecule has 100 valence electrons. The van der Waals surface area contributed by atoms with Crippen molar-refractivity contribution in [3.05, 3.63) is 52.5 Å². The molecule has 0 amide bonds. The summed E-state index contributed by atoms with van der Waals surface area (Å²) in [4.78, 5) is 0. The summed E-state index contributed by atoms with van der Waals surface area (Å²) in [5.41, 5.74) is 9.58. The molecule has 0 saturated heterocycles. The van der Waals surface area contributed by atoms with E-state index < -0.39 is 0 Å². The highest BCUT2D eigenvalue weighted by molar-refractivity contribution is 5.38. The van der Waals surface area contributed by atoms with E-state index in [1.54, 1.807) is 0 Å². The molecule has 3 heteroatoms. The van der Waals surface area contributed by atoms with Crippen molar-refractivity contribution in [2.24, 2.45) is 5.73 Å². The Morgan fingerprint density at radius 1 is 1.21 bits per heavy atom. The first-order valence-corrected chi connectivity index (χ1v) is 6.79. The van der Waals surface area contributed by atoms with Crippen molar-refractivity contribution >= 4 is 0 Å². The molecule has 0 saturated carbocycles. The van der Waals surface area contributed by atoms with Crippen molar-refractivity contribution in [1.29, 1.82) is 0 Å². The molecule has 3 rings (SSSR count). The molecule has 1 aliphatic carbocycles. The molecule has 0 spiro atoms. The van der Waals surface area contributed by atoms with Crippen LogP contribution in [0.4, 0.5) is 0 Å². The topological polar surface area (TPSA) is 48.4 Å². The number of rotatable bonds is 4. The lowest BCUT2D eigenvalue weighted by molar-refractivity contribution is 0.266. The molecule has 3 nitrogen and oxygen atoms in total. The summed E-state index contributed by atoms with van der Waals surface area (Å²) in [6.07, 6.45) is 3.63. The second-order valence-electron chi connectivity index (χ2n) is 5.10. The lowest BCUT2D eigenvalue weighted by Gasteiger charge is -2.06. The maximum atomic E-state index is 5.80. The Hall–Kier alpha value is -1.74. The second-order valence-corrected chi connectivity index (χ2v) is 5.10. The number of hydrogen-bond donors (Lipinski definition) is 1. The fourth-order valence-electron chi connectivity index (χ4n) is 2.66. The average molecular weight is 257 g/mol. The fraction of sp³-hybridized carbons (Fsp3) is 0.375. The minimum absolute atomic E-state index is 0.435. The Balaban J connectivity index is 1.68. The van der Waals surface area contributed by atoms with Crippen molar-refractivity contribution in [2.75, 3.05) is 0 Å². The van der Waals surface area contributed by atoms with Crippen LogP contribution in [0, 0.1) is 6.92 Å². The van der Waals surface area contributed by atoms with E-state index in [0.29, 0.717) is 13.2 Å². The molecule has 2 N–H and O–H groups in total. The quantitative estimate of drug-likeness (QED) is 0.915. The Kier molecular flexibility index (Phi) is 3.30. The minimum atomic E-state index is 0.435. The van der Waals surface area contributed by atoms with Crippen molar-refractivity contribution in [3.8, 4) is 5.75 Å². The van der Waals surface area contributed by atoms with E-state index in [4.69, 9.17) is 14.9 Å². The average Bonchev–Trinajstić information content (AvgIpc) is 3.01. The van der Waals surface area contributed by atoms with E-state index in [2.05, 4.69) is 12.1 Å². The smallest absolute Gasteiger partial charge is 0.146 e. The lowest BCUT2D eigenvalue weighted by Crippen LogP contribution is -1.96. The number of ether oxygens (including phenoxy) is 1. The van der Waals surface area contributed by atoms with E-state index in [1.165, 1.54) is 30.4 Å². The van der Waals surface area contributed by atoms with E-state index >= 15 is 0 Å². The highest BCUT2D eigenvalue weighted by Gasteiger charge is 2.12.